The molecule has 4 heteroatoms. The minimum atomic E-state index is -0.238. The smallest absolute Gasteiger partial charge is 0.252 e. The maximum atomic E-state index is 12.2. The van der Waals surface area contributed by atoms with Gasteiger partial charge in [0.2, 0.25) is 0 Å². The molecular weight excluding hydrogens is 204 g/mol. The number of nitrogens with zero attached hydrogens (tertiary/aromatic N) is 1. The van der Waals surface area contributed by atoms with Crippen LogP contribution >= 0.6 is 0 Å². The van der Waals surface area contributed by atoms with E-state index in [0.717, 1.165) is 6.42 Å². The zero-order valence-corrected chi connectivity index (χ0v) is 10.2. The van der Waals surface area contributed by atoms with Crippen molar-refractivity contribution in [3.63, 3.8) is 0 Å². The first-order valence-corrected chi connectivity index (χ1v) is 6.23. The molecular formula is C12H22N2O2. The highest BCUT2D eigenvalue weighted by Crippen LogP contribution is 2.35. The summed E-state index contributed by atoms with van der Waals surface area (Å²) in [5.74, 6) is 1.08. The van der Waals surface area contributed by atoms with Gasteiger partial charge >= 0.3 is 0 Å². The van der Waals surface area contributed by atoms with Crippen LogP contribution in [0.25, 0.3) is 0 Å². The van der Waals surface area contributed by atoms with Gasteiger partial charge in [0.15, 0.2) is 0 Å². The molecule has 0 aromatic rings. The van der Waals surface area contributed by atoms with Crippen LogP contribution in [-0.2, 0) is 9.53 Å². The van der Waals surface area contributed by atoms with Gasteiger partial charge in [-0.1, -0.05) is 6.92 Å². The van der Waals surface area contributed by atoms with E-state index in [1.54, 1.807) is 0 Å². The SMILES string of the molecule is CC1CCOC1C(=O)N(C)C(CN)C1CC1. The maximum Gasteiger partial charge on any atom is 0.252 e. The van der Waals surface area contributed by atoms with Gasteiger partial charge in [-0.3, -0.25) is 4.79 Å². The van der Waals surface area contributed by atoms with Crippen molar-refractivity contribution >= 4 is 5.91 Å². The van der Waals surface area contributed by atoms with Crippen LogP contribution in [0.15, 0.2) is 0 Å². The molecule has 16 heavy (non-hydrogen) atoms. The average molecular weight is 226 g/mol. The molecule has 0 bridgehead atoms. The van der Waals surface area contributed by atoms with Crippen LogP contribution in [0.5, 0.6) is 0 Å². The first-order valence-electron chi connectivity index (χ1n) is 6.23. The molecule has 3 unspecified atom stereocenters. The Morgan fingerprint density at radius 2 is 2.19 bits per heavy atom. The van der Waals surface area contributed by atoms with E-state index in [1.807, 2.05) is 11.9 Å². The fourth-order valence-corrected chi connectivity index (χ4v) is 2.52. The lowest BCUT2D eigenvalue weighted by Gasteiger charge is -2.30. The quantitative estimate of drug-likeness (QED) is 0.764. The van der Waals surface area contributed by atoms with Crippen molar-refractivity contribution < 1.29 is 9.53 Å². The lowest BCUT2D eigenvalue weighted by molar-refractivity contribution is -0.143. The van der Waals surface area contributed by atoms with E-state index < -0.39 is 0 Å². The van der Waals surface area contributed by atoms with Crippen molar-refractivity contribution in [3.8, 4) is 0 Å². The molecule has 2 fully saturated rings. The van der Waals surface area contributed by atoms with E-state index in [9.17, 15) is 4.79 Å². The minimum absolute atomic E-state index is 0.118. The zero-order valence-electron chi connectivity index (χ0n) is 10.2. The van der Waals surface area contributed by atoms with Gasteiger partial charge < -0.3 is 15.4 Å². The Morgan fingerprint density at radius 1 is 1.50 bits per heavy atom. The molecule has 2 aliphatic rings. The third kappa shape index (κ3) is 2.23. The number of likely N-dealkylation sites (N-methyl/N-ethyl adjacent to an activating group) is 1. The molecule has 1 aliphatic heterocycles. The highest BCUT2D eigenvalue weighted by atomic mass is 16.5. The lowest BCUT2D eigenvalue weighted by Crippen LogP contribution is -2.48. The van der Waals surface area contributed by atoms with E-state index in [1.165, 1.54) is 12.8 Å². The van der Waals surface area contributed by atoms with Gasteiger partial charge in [-0.2, -0.15) is 0 Å². The first-order chi connectivity index (χ1) is 7.65. The van der Waals surface area contributed by atoms with Crippen molar-refractivity contribution in [2.45, 2.75) is 38.3 Å². The molecule has 2 N–H and O–H groups in total. The lowest BCUT2D eigenvalue weighted by atomic mass is 10.0. The van der Waals surface area contributed by atoms with Crippen LogP contribution in [0, 0.1) is 11.8 Å². The second kappa shape index (κ2) is 4.72. The van der Waals surface area contributed by atoms with Crippen LogP contribution < -0.4 is 5.73 Å². The standard InChI is InChI=1S/C12H22N2O2/c1-8-5-6-16-11(8)12(15)14(2)10(7-13)9-3-4-9/h8-11H,3-7,13H2,1-2H3. The molecule has 0 aromatic heterocycles. The Hall–Kier alpha value is -0.610. The average Bonchev–Trinajstić information content (AvgIpc) is 3.01. The van der Waals surface area contributed by atoms with E-state index in [4.69, 9.17) is 10.5 Å². The van der Waals surface area contributed by atoms with Crippen LogP contribution in [0.2, 0.25) is 0 Å². The Bertz CT molecular complexity index is 266. The maximum absolute atomic E-state index is 12.2. The second-order valence-electron chi connectivity index (χ2n) is 5.15. The topological polar surface area (TPSA) is 55.6 Å². The molecule has 1 amide bonds. The molecule has 4 nitrogen and oxygen atoms in total. The molecule has 1 saturated heterocycles. The van der Waals surface area contributed by atoms with Crippen LogP contribution in [0.4, 0.5) is 0 Å². The number of nitrogens with two attached hydrogens (primary N) is 1. The predicted octanol–water partition coefficient (Wildman–Crippen LogP) is 0.607. The molecule has 2 rings (SSSR count). The highest BCUT2D eigenvalue weighted by Gasteiger charge is 2.39. The summed E-state index contributed by atoms with van der Waals surface area (Å²) in [4.78, 5) is 14.1. The van der Waals surface area contributed by atoms with Crippen LogP contribution in [0.3, 0.4) is 0 Å². The zero-order chi connectivity index (χ0) is 11.7. The highest BCUT2D eigenvalue weighted by molar-refractivity contribution is 5.81. The van der Waals surface area contributed by atoms with Crippen molar-refractivity contribution in [1.82, 2.24) is 4.90 Å². The van der Waals surface area contributed by atoms with Gasteiger partial charge in [-0.15, -0.1) is 0 Å². The second-order valence-corrected chi connectivity index (χ2v) is 5.15. The van der Waals surface area contributed by atoms with Crippen LogP contribution in [0.1, 0.15) is 26.2 Å². The number of amides is 1. The third-order valence-corrected chi connectivity index (χ3v) is 3.88. The van der Waals surface area contributed by atoms with E-state index in [-0.39, 0.29) is 18.1 Å². The molecule has 0 spiro atoms. The summed E-state index contributed by atoms with van der Waals surface area (Å²) in [6.45, 7) is 3.36. The molecule has 3 atom stereocenters. The Morgan fingerprint density at radius 3 is 2.62 bits per heavy atom. The Labute approximate surface area is 97.1 Å². The van der Waals surface area contributed by atoms with E-state index in [0.29, 0.717) is 25.0 Å². The number of ether oxygens (including phenoxy) is 1. The Kier molecular flexibility index (Phi) is 3.50. The first kappa shape index (κ1) is 11.9. The van der Waals surface area contributed by atoms with Gasteiger partial charge in [0, 0.05) is 26.2 Å². The number of hydrogen-bond donors (Lipinski definition) is 1. The largest absolute Gasteiger partial charge is 0.368 e. The van der Waals surface area contributed by atoms with Crippen molar-refractivity contribution in [2.24, 2.45) is 17.6 Å². The van der Waals surface area contributed by atoms with Gasteiger partial charge in [0.05, 0.1) is 0 Å². The summed E-state index contributed by atoms with van der Waals surface area (Å²) in [6.07, 6.45) is 3.17. The molecule has 1 saturated carbocycles. The Balaban J connectivity index is 1.96. The molecule has 92 valence electrons. The summed E-state index contributed by atoms with van der Waals surface area (Å²) < 4.78 is 5.51. The van der Waals surface area contributed by atoms with Crippen molar-refractivity contribution in [2.75, 3.05) is 20.2 Å². The summed E-state index contributed by atoms with van der Waals surface area (Å²) >= 11 is 0. The van der Waals surface area contributed by atoms with Crippen LogP contribution in [-0.4, -0.2) is 43.2 Å². The molecule has 1 aliphatic carbocycles. The minimum Gasteiger partial charge on any atom is -0.368 e. The van der Waals surface area contributed by atoms with Crippen molar-refractivity contribution in [1.29, 1.82) is 0 Å². The summed E-state index contributed by atoms with van der Waals surface area (Å²) in [6, 6.07) is 0.212. The predicted molar refractivity (Wildman–Crippen MR) is 61.9 cm³/mol. The van der Waals surface area contributed by atoms with Gasteiger partial charge in [-0.05, 0) is 31.1 Å². The third-order valence-electron chi connectivity index (χ3n) is 3.88. The van der Waals surface area contributed by atoms with E-state index in [2.05, 4.69) is 6.92 Å². The number of hydrogen-bond acceptors (Lipinski definition) is 3. The molecule has 1 heterocycles. The summed E-state index contributed by atoms with van der Waals surface area (Å²) in [5, 5.41) is 0. The fraction of sp³-hybridized carbons (Fsp3) is 0.917. The van der Waals surface area contributed by atoms with Gasteiger partial charge in [0.25, 0.3) is 5.91 Å². The number of rotatable bonds is 4. The number of carbonyl (C=O) groups excluding carboxylic acids is 1. The van der Waals surface area contributed by atoms with Gasteiger partial charge in [-0.25, -0.2) is 0 Å². The summed E-state index contributed by atoms with van der Waals surface area (Å²) in [5.41, 5.74) is 5.75. The fourth-order valence-electron chi connectivity index (χ4n) is 2.52. The van der Waals surface area contributed by atoms with E-state index >= 15 is 0 Å². The van der Waals surface area contributed by atoms with Gasteiger partial charge in [0.1, 0.15) is 6.10 Å². The molecule has 0 aromatic carbocycles. The number of carbonyl (C=O) groups is 1. The van der Waals surface area contributed by atoms with Crippen molar-refractivity contribution in [3.05, 3.63) is 0 Å². The normalized spacial score (nSPS) is 31.4. The monoisotopic (exact) mass is 226 g/mol. The molecule has 0 radical (unpaired) electrons. The summed E-state index contributed by atoms with van der Waals surface area (Å²) in [7, 11) is 1.87.